The fourth-order valence-corrected chi connectivity index (χ4v) is 0.250. The molecule has 0 rings (SSSR count). The molecule has 0 N–H and O–H groups in total. The van der Waals surface area contributed by atoms with E-state index in [2.05, 4.69) is 11.0 Å². The van der Waals surface area contributed by atoms with Crippen molar-refractivity contribution in [1.82, 2.24) is 4.90 Å². The van der Waals surface area contributed by atoms with E-state index in [-0.39, 0.29) is 5.97 Å². The van der Waals surface area contributed by atoms with Gasteiger partial charge in [-0.2, -0.15) is 0 Å². The van der Waals surface area contributed by atoms with Gasteiger partial charge in [0.2, 0.25) is 10.5 Å². The lowest BCUT2D eigenvalue weighted by atomic mass is 10.7. The summed E-state index contributed by atoms with van der Waals surface area (Å²) in [5.74, 6) is -0.332. The summed E-state index contributed by atoms with van der Waals surface area (Å²) in [5.41, 5.74) is 0. The second-order valence-electron chi connectivity index (χ2n) is 2.07. The molecule has 0 fully saturated rings. The molecule has 0 amide bonds. The van der Waals surface area contributed by atoms with Gasteiger partial charge in [0.1, 0.15) is 0 Å². The highest BCUT2D eigenvalue weighted by Gasteiger charge is 1.81. The maximum Gasteiger partial charge on any atom is 0.316 e. The van der Waals surface area contributed by atoms with Crippen LogP contribution in [0, 0.1) is 0 Å². The van der Waals surface area contributed by atoms with Gasteiger partial charge in [-0.05, 0) is 21.1 Å². The van der Waals surface area contributed by atoms with Crippen LogP contribution in [0.25, 0.3) is 0 Å². The number of carbonyl (C=O) groups is 1. The third kappa shape index (κ3) is 26.3. The van der Waals surface area contributed by atoms with Crippen molar-refractivity contribution in [1.29, 1.82) is 0 Å². The standard InChI is InChI=1S/C3H9N.C3H6O2Si/c1-4(2)3;1-2-3(4)5-6/h1-3H3;2H,1H2,6H3. The topological polar surface area (TPSA) is 29.5 Å². The predicted molar refractivity (Wildman–Crippen MR) is 45.8 cm³/mol. The molecular weight excluding hydrogens is 146 g/mol. The molecule has 0 aliphatic rings. The molecule has 0 bridgehead atoms. The average molecular weight is 161 g/mol. The first-order valence-corrected chi connectivity index (χ1v) is 3.67. The van der Waals surface area contributed by atoms with E-state index >= 15 is 0 Å². The SMILES string of the molecule is C=CC(=O)O[SiH3].CN(C)C. The molecule has 0 atom stereocenters. The van der Waals surface area contributed by atoms with Crippen LogP contribution >= 0.6 is 0 Å². The number of hydrogen-bond acceptors (Lipinski definition) is 3. The molecule has 10 heavy (non-hydrogen) atoms. The Balaban J connectivity index is 0. The Kier molecular flexibility index (Phi) is 10.1. The van der Waals surface area contributed by atoms with Gasteiger partial charge in [-0.1, -0.05) is 6.58 Å². The Bertz CT molecular complexity index is 101. The fourth-order valence-electron chi connectivity index (χ4n) is 0.0833. The van der Waals surface area contributed by atoms with E-state index in [1.807, 2.05) is 26.0 Å². The molecule has 0 saturated carbocycles. The smallest absolute Gasteiger partial charge is 0.316 e. The van der Waals surface area contributed by atoms with Crippen LogP contribution in [-0.2, 0) is 9.22 Å². The molecule has 60 valence electrons. The van der Waals surface area contributed by atoms with E-state index in [1.165, 1.54) is 0 Å². The number of hydrogen-bond donors (Lipinski definition) is 0. The second-order valence-corrected chi connectivity index (χ2v) is 2.48. The summed E-state index contributed by atoms with van der Waals surface area (Å²) in [5, 5.41) is 0. The number of nitrogens with zero attached hydrogens (tertiary/aromatic N) is 1. The summed E-state index contributed by atoms with van der Waals surface area (Å²) in [6.45, 7) is 3.18. The predicted octanol–water partition coefficient (Wildman–Crippen LogP) is -0.826. The molecule has 0 aromatic carbocycles. The van der Waals surface area contributed by atoms with Crippen molar-refractivity contribution in [2.45, 2.75) is 0 Å². The summed E-state index contributed by atoms with van der Waals surface area (Å²) in [7, 11) is 6.46. The second kappa shape index (κ2) is 8.39. The van der Waals surface area contributed by atoms with Crippen LogP contribution in [0.4, 0.5) is 0 Å². The highest BCUT2D eigenvalue weighted by molar-refractivity contribution is 6.07. The van der Waals surface area contributed by atoms with Gasteiger partial charge in [-0.15, -0.1) is 0 Å². The van der Waals surface area contributed by atoms with Gasteiger partial charge in [-0.3, -0.25) is 0 Å². The first-order valence-electron chi connectivity index (χ1n) is 2.86. The summed E-state index contributed by atoms with van der Waals surface area (Å²) in [6.07, 6.45) is 1.15. The minimum absolute atomic E-state index is 0.332. The normalized spacial score (nSPS) is 8.00. The Morgan fingerprint density at radius 3 is 1.90 bits per heavy atom. The molecule has 3 nitrogen and oxygen atoms in total. The van der Waals surface area contributed by atoms with Gasteiger partial charge in [0, 0.05) is 6.08 Å². The molecule has 0 aliphatic carbocycles. The van der Waals surface area contributed by atoms with E-state index in [9.17, 15) is 4.79 Å². The van der Waals surface area contributed by atoms with Gasteiger partial charge in [0.25, 0.3) is 0 Å². The summed E-state index contributed by atoms with van der Waals surface area (Å²) < 4.78 is 4.28. The molecule has 0 radical (unpaired) electrons. The van der Waals surface area contributed by atoms with Gasteiger partial charge in [0.15, 0.2) is 0 Å². The van der Waals surface area contributed by atoms with Crippen LogP contribution in [0.1, 0.15) is 0 Å². The van der Waals surface area contributed by atoms with E-state index in [0.717, 1.165) is 6.08 Å². The maximum atomic E-state index is 9.88. The lowest BCUT2D eigenvalue weighted by Gasteiger charge is -1.90. The Hall–Kier alpha value is -0.613. The highest BCUT2D eigenvalue weighted by Crippen LogP contribution is 1.66. The molecule has 0 saturated heterocycles. The first kappa shape index (κ1) is 12.1. The molecular formula is C6H15NO2Si. The fraction of sp³-hybridized carbons (Fsp3) is 0.500. The van der Waals surface area contributed by atoms with Crippen molar-refractivity contribution in [3.05, 3.63) is 12.7 Å². The van der Waals surface area contributed by atoms with Crippen LogP contribution in [0.3, 0.4) is 0 Å². The monoisotopic (exact) mass is 161 g/mol. The first-order chi connectivity index (χ1) is 4.54. The van der Waals surface area contributed by atoms with Gasteiger partial charge in [-0.25, -0.2) is 4.79 Å². The van der Waals surface area contributed by atoms with Crippen LogP contribution < -0.4 is 0 Å². The molecule has 0 unspecified atom stereocenters. The van der Waals surface area contributed by atoms with Crippen molar-refractivity contribution in [2.24, 2.45) is 0 Å². The van der Waals surface area contributed by atoms with E-state index < -0.39 is 0 Å². The molecule has 0 aromatic rings. The van der Waals surface area contributed by atoms with E-state index in [0.29, 0.717) is 10.5 Å². The molecule has 0 aliphatic heterocycles. The zero-order chi connectivity index (χ0) is 8.57. The lowest BCUT2D eigenvalue weighted by Crippen LogP contribution is -1.99. The molecule has 0 aromatic heterocycles. The van der Waals surface area contributed by atoms with Crippen molar-refractivity contribution in [3.63, 3.8) is 0 Å². The lowest BCUT2D eigenvalue weighted by molar-refractivity contribution is -0.128. The quantitative estimate of drug-likeness (QED) is 0.371. The van der Waals surface area contributed by atoms with Crippen LogP contribution in [0.5, 0.6) is 0 Å². The summed E-state index contributed by atoms with van der Waals surface area (Å²) >= 11 is 0. The zero-order valence-corrected chi connectivity index (χ0v) is 9.05. The maximum absolute atomic E-state index is 9.88. The van der Waals surface area contributed by atoms with Gasteiger partial charge >= 0.3 is 5.97 Å². The Morgan fingerprint density at radius 1 is 1.60 bits per heavy atom. The molecule has 0 heterocycles. The van der Waals surface area contributed by atoms with Crippen molar-refractivity contribution in [2.75, 3.05) is 21.1 Å². The Labute approximate surface area is 65.2 Å². The van der Waals surface area contributed by atoms with Gasteiger partial charge < -0.3 is 9.33 Å². The average Bonchev–Trinajstić information content (AvgIpc) is 1.85. The third-order valence-corrected chi connectivity index (χ3v) is 0.770. The summed E-state index contributed by atoms with van der Waals surface area (Å²) in [4.78, 5) is 11.9. The minimum atomic E-state index is -0.332. The third-order valence-electron chi connectivity index (χ3n) is 0.368. The highest BCUT2D eigenvalue weighted by atomic mass is 28.2. The van der Waals surface area contributed by atoms with Crippen LogP contribution in [0.2, 0.25) is 0 Å². The number of carbonyl (C=O) groups excluding carboxylic acids is 1. The van der Waals surface area contributed by atoms with Crippen molar-refractivity contribution in [3.8, 4) is 0 Å². The van der Waals surface area contributed by atoms with E-state index in [4.69, 9.17) is 0 Å². The van der Waals surface area contributed by atoms with Crippen molar-refractivity contribution < 1.29 is 9.22 Å². The summed E-state index contributed by atoms with van der Waals surface area (Å²) in [6, 6.07) is 0. The zero-order valence-electron chi connectivity index (χ0n) is 7.05. The van der Waals surface area contributed by atoms with Crippen LogP contribution in [0.15, 0.2) is 12.7 Å². The molecule has 0 spiro atoms. The van der Waals surface area contributed by atoms with Crippen LogP contribution in [-0.4, -0.2) is 42.5 Å². The molecule has 4 heteroatoms. The van der Waals surface area contributed by atoms with Crippen molar-refractivity contribution >= 4 is 16.5 Å². The van der Waals surface area contributed by atoms with E-state index in [1.54, 1.807) is 0 Å². The largest absolute Gasteiger partial charge is 0.526 e. The minimum Gasteiger partial charge on any atom is -0.526 e. The van der Waals surface area contributed by atoms with Gasteiger partial charge in [0.05, 0.1) is 0 Å². The Morgan fingerprint density at radius 2 is 1.90 bits per heavy atom. The number of rotatable bonds is 1.